The molecular formula is C16H18N2O5. The third-order valence-electron chi connectivity index (χ3n) is 4.68. The number of ether oxygens (including phenoxy) is 2. The number of rotatable bonds is 5. The van der Waals surface area contributed by atoms with E-state index in [4.69, 9.17) is 9.47 Å². The van der Waals surface area contributed by atoms with Crippen molar-refractivity contribution < 1.29 is 19.2 Å². The quantitative estimate of drug-likeness (QED) is 0.659. The zero-order valence-corrected chi connectivity index (χ0v) is 12.6. The Labute approximate surface area is 133 Å². The third-order valence-corrected chi connectivity index (χ3v) is 4.68. The van der Waals surface area contributed by atoms with Crippen molar-refractivity contribution in [3.63, 3.8) is 0 Å². The molecule has 1 amide bonds. The first-order chi connectivity index (χ1) is 11.1. The molecule has 1 aromatic carbocycles. The van der Waals surface area contributed by atoms with Gasteiger partial charge in [-0.1, -0.05) is 6.07 Å². The highest BCUT2D eigenvalue weighted by Crippen LogP contribution is 2.44. The van der Waals surface area contributed by atoms with Crippen LogP contribution in [-0.2, 0) is 4.79 Å². The van der Waals surface area contributed by atoms with Gasteiger partial charge in [0.1, 0.15) is 19.1 Å². The van der Waals surface area contributed by atoms with Crippen LogP contribution >= 0.6 is 0 Å². The molecule has 0 bridgehead atoms. The Morgan fingerprint density at radius 3 is 2.65 bits per heavy atom. The van der Waals surface area contributed by atoms with Gasteiger partial charge in [0.05, 0.1) is 6.04 Å². The van der Waals surface area contributed by atoms with Crippen molar-refractivity contribution in [2.45, 2.75) is 31.3 Å². The number of hydrogen-bond donors (Lipinski definition) is 1. The predicted octanol–water partition coefficient (Wildman–Crippen LogP) is 1.69. The molecule has 7 nitrogen and oxygen atoms in total. The van der Waals surface area contributed by atoms with E-state index in [9.17, 15) is 14.9 Å². The van der Waals surface area contributed by atoms with E-state index < -0.39 is 12.0 Å². The first-order valence-electron chi connectivity index (χ1n) is 7.97. The van der Waals surface area contributed by atoms with Crippen LogP contribution in [-0.4, -0.2) is 30.1 Å². The molecule has 1 N–H and O–H groups in total. The van der Waals surface area contributed by atoms with Crippen LogP contribution in [0.4, 0.5) is 0 Å². The molecule has 0 unspecified atom stereocenters. The van der Waals surface area contributed by atoms with Gasteiger partial charge < -0.3 is 14.8 Å². The Hall–Kier alpha value is -2.31. The molecule has 0 saturated heterocycles. The van der Waals surface area contributed by atoms with Gasteiger partial charge in [-0.2, -0.15) is 0 Å². The van der Waals surface area contributed by atoms with Crippen molar-refractivity contribution in [2.24, 2.45) is 11.8 Å². The Morgan fingerprint density at radius 2 is 2.00 bits per heavy atom. The number of fused-ring (bicyclic) bond motifs is 1. The van der Waals surface area contributed by atoms with Gasteiger partial charge >= 0.3 is 0 Å². The minimum Gasteiger partial charge on any atom is -0.486 e. The van der Waals surface area contributed by atoms with Gasteiger partial charge in [-0.05, 0) is 36.5 Å². The number of nitrogens with one attached hydrogen (secondary N) is 1. The van der Waals surface area contributed by atoms with Crippen molar-refractivity contribution >= 4 is 5.91 Å². The summed E-state index contributed by atoms with van der Waals surface area (Å²) in [5, 5.41) is 13.7. The van der Waals surface area contributed by atoms with Crippen molar-refractivity contribution in [2.75, 3.05) is 13.2 Å². The van der Waals surface area contributed by atoms with Crippen LogP contribution in [0.3, 0.4) is 0 Å². The Balaban J connectivity index is 1.50. The van der Waals surface area contributed by atoms with Gasteiger partial charge in [-0.15, -0.1) is 0 Å². The number of benzene rings is 1. The Bertz CT molecular complexity index is 658. The molecule has 1 aliphatic heterocycles. The molecule has 2 aliphatic carbocycles. The summed E-state index contributed by atoms with van der Waals surface area (Å²) in [5.74, 6) is 1.12. The summed E-state index contributed by atoms with van der Waals surface area (Å²) >= 11 is 0. The fraction of sp³-hybridized carbons (Fsp3) is 0.562. The molecule has 2 saturated carbocycles. The fourth-order valence-electron chi connectivity index (χ4n) is 3.11. The Morgan fingerprint density at radius 1 is 1.26 bits per heavy atom. The number of nitrogens with zero attached hydrogens (tertiary/aromatic N) is 1. The second kappa shape index (κ2) is 5.40. The molecule has 3 atom stereocenters. The highest BCUT2D eigenvalue weighted by Gasteiger charge is 2.54. The van der Waals surface area contributed by atoms with Crippen LogP contribution in [0.5, 0.6) is 11.5 Å². The largest absolute Gasteiger partial charge is 0.486 e. The van der Waals surface area contributed by atoms with E-state index in [2.05, 4.69) is 5.32 Å². The normalized spacial score (nSPS) is 26.3. The standard InChI is InChI=1S/C16H18N2O5/c19-16(11-8-12(11)18(20)21)17-15(9-1-2-9)10-3-4-13-14(7-10)23-6-5-22-13/h3-4,7,9,11-12,15H,1-2,5-6,8H2,(H,17,19)/t11-,12-,15+/m1/s1. The number of amides is 1. The van der Waals surface area contributed by atoms with Gasteiger partial charge in [0.25, 0.3) is 0 Å². The summed E-state index contributed by atoms with van der Waals surface area (Å²) in [6.45, 7) is 1.06. The van der Waals surface area contributed by atoms with Crippen LogP contribution in [0.2, 0.25) is 0 Å². The van der Waals surface area contributed by atoms with E-state index in [0.717, 1.165) is 24.2 Å². The van der Waals surface area contributed by atoms with Crippen LogP contribution in [0.15, 0.2) is 18.2 Å². The molecule has 23 heavy (non-hydrogen) atoms. The maximum absolute atomic E-state index is 12.3. The molecule has 7 heteroatoms. The van der Waals surface area contributed by atoms with Gasteiger partial charge in [0, 0.05) is 11.3 Å². The SMILES string of the molecule is O=C(N[C@H](c1ccc2c(c1)OCCO2)C1CC1)[C@@H]1C[C@H]1[N+](=O)[O-]. The average Bonchev–Trinajstić information content (AvgIpc) is 3.44. The molecule has 1 aromatic rings. The van der Waals surface area contributed by atoms with Gasteiger partial charge in [-0.3, -0.25) is 14.9 Å². The minimum atomic E-state index is -0.713. The van der Waals surface area contributed by atoms with E-state index in [1.54, 1.807) is 0 Å². The second-order valence-corrected chi connectivity index (χ2v) is 6.42. The molecule has 0 aromatic heterocycles. The summed E-state index contributed by atoms with van der Waals surface area (Å²) in [4.78, 5) is 22.6. The van der Waals surface area contributed by atoms with E-state index in [1.165, 1.54) is 0 Å². The molecule has 122 valence electrons. The highest BCUT2D eigenvalue weighted by atomic mass is 16.6. The summed E-state index contributed by atoms with van der Waals surface area (Å²) in [6, 6.07) is 4.90. The number of hydrogen-bond acceptors (Lipinski definition) is 5. The number of nitro groups is 1. The van der Waals surface area contributed by atoms with E-state index in [0.29, 0.717) is 31.3 Å². The van der Waals surface area contributed by atoms with Gasteiger partial charge in [-0.25, -0.2) is 0 Å². The van der Waals surface area contributed by atoms with Crippen molar-refractivity contribution in [3.8, 4) is 11.5 Å². The summed E-state index contributed by atoms with van der Waals surface area (Å²) in [7, 11) is 0. The lowest BCUT2D eigenvalue weighted by molar-refractivity contribution is -0.497. The van der Waals surface area contributed by atoms with Crippen molar-refractivity contribution in [1.29, 1.82) is 0 Å². The lowest BCUT2D eigenvalue weighted by Crippen LogP contribution is -2.32. The first-order valence-corrected chi connectivity index (χ1v) is 7.97. The van der Waals surface area contributed by atoms with Crippen LogP contribution in [0, 0.1) is 22.0 Å². The maximum atomic E-state index is 12.3. The number of carbonyl (C=O) groups excluding carboxylic acids is 1. The lowest BCUT2D eigenvalue weighted by Gasteiger charge is -2.23. The molecular weight excluding hydrogens is 300 g/mol. The molecule has 4 rings (SSSR count). The van der Waals surface area contributed by atoms with E-state index in [1.807, 2.05) is 18.2 Å². The average molecular weight is 318 g/mol. The summed E-state index contributed by atoms with van der Waals surface area (Å²) < 4.78 is 11.1. The third kappa shape index (κ3) is 2.83. The zero-order valence-electron chi connectivity index (χ0n) is 12.6. The van der Waals surface area contributed by atoms with Gasteiger partial charge in [0.15, 0.2) is 11.5 Å². The smallest absolute Gasteiger partial charge is 0.230 e. The summed E-state index contributed by atoms with van der Waals surface area (Å²) in [5.41, 5.74) is 0.975. The lowest BCUT2D eigenvalue weighted by atomic mass is 10.0. The van der Waals surface area contributed by atoms with E-state index >= 15 is 0 Å². The monoisotopic (exact) mass is 318 g/mol. The van der Waals surface area contributed by atoms with Crippen LogP contribution in [0.25, 0.3) is 0 Å². The molecule has 0 radical (unpaired) electrons. The maximum Gasteiger partial charge on any atom is 0.230 e. The van der Waals surface area contributed by atoms with Gasteiger partial charge in [0.2, 0.25) is 11.9 Å². The van der Waals surface area contributed by atoms with E-state index in [-0.39, 0.29) is 16.9 Å². The van der Waals surface area contributed by atoms with Crippen LogP contribution in [0.1, 0.15) is 30.9 Å². The minimum absolute atomic E-state index is 0.105. The number of carbonyl (C=O) groups is 1. The predicted molar refractivity (Wildman–Crippen MR) is 79.9 cm³/mol. The first kappa shape index (κ1) is 14.3. The molecule has 2 fully saturated rings. The molecule has 0 spiro atoms. The fourth-order valence-corrected chi connectivity index (χ4v) is 3.11. The second-order valence-electron chi connectivity index (χ2n) is 6.42. The topological polar surface area (TPSA) is 90.7 Å². The molecule has 3 aliphatic rings. The summed E-state index contributed by atoms with van der Waals surface area (Å²) in [6.07, 6.45) is 2.46. The van der Waals surface area contributed by atoms with Crippen LogP contribution < -0.4 is 14.8 Å². The molecule has 1 heterocycles. The highest BCUT2D eigenvalue weighted by molar-refractivity contribution is 5.82. The van der Waals surface area contributed by atoms with Crippen molar-refractivity contribution in [3.05, 3.63) is 33.9 Å². The van der Waals surface area contributed by atoms with Crippen molar-refractivity contribution in [1.82, 2.24) is 5.32 Å². The Kier molecular flexibility index (Phi) is 3.36. The zero-order chi connectivity index (χ0) is 16.0.